The van der Waals surface area contributed by atoms with Gasteiger partial charge in [-0.3, -0.25) is 9.98 Å². The Kier molecular flexibility index (Phi) is 8.14. The van der Waals surface area contributed by atoms with E-state index < -0.39 is 0 Å². The van der Waals surface area contributed by atoms with Gasteiger partial charge in [0, 0.05) is 74.2 Å². The van der Waals surface area contributed by atoms with Gasteiger partial charge in [0.1, 0.15) is 11.5 Å². The molecule has 6 heteroatoms. The predicted molar refractivity (Wildman–Crippen MR) is 135 cm³/mol. The van der Waals surface area contributed by atoms with Gasteiger partial charge < -0.3 is 20.0 Å². The van der Waals surface area contributed by atoms with Crippen LogP contribution >= 0.6 is 0 Å². The van der Waals surface area contributed by atoms with Crippen LogP contribution in [0.4, 0.5) is 11.4 Å². The van der Waals surface area contributed by atoms with Crippen LogP contribution in [0.3, 0.4) is 0 Å². The smallest absolute Gasteiger partial charge is 0.126 e. The quantitative estimate of drug-likeness (QED) is 0.580. The minimum atomic E-state index is 0.0741. The van der Waals surface area contributed by atoms with Crippen molar-refractivity contribution < 1.29 is 10.2 Å². The summed E-state index contributed by atoms with van der Waals surface area (Å²) in [7, 11) is 4.00. The molecule has 2 N–H and O–H groups in total. The molecule has 6 nitrogen and oxygen atoms in total. The molecule has 0 radical (unpaired) electrons. The molecule has 0 saturated heterocycles. The first-order valence-corrected chi connectivity index (χ1v) is 11.6. The molecule has 0 aromatic heterocycles. The van der Waals surface area contributed by atoms with Crippen molar-refractivity contribution in [2.45, 2.75) is 51.6 Å². The number of phenolic OH excluding ortho intramolecular Hbond substituents is 2. The standard InChI is InChI=1S/C26H36N4O2/c1-5-29(3)21-13-11-19(25(31)15-21)17-27-23-9-7-8-10-24(23)28-18-20-12-14-22(16-26(20)32)30(4)6-2/h11-18,23-24,31-32H,5-10H2,1-4H3/b27-17+,28-18+/t23-,24-/m1/s1. The number of anilines is 2. The van der Waals surface area contributed by atoms with Crippen molar-refractivity contribution in [1.82, 2.24) is 0 Å². The maximum absolute atomic E-state index is 10.4. The topological polar surface area (TPSA) is 71.7 Å². The van der Waals surface area contributed by atoms with Crippen LogP contribution in [0, 0.1) is 0 Å². The lowest BCUT2D eigenvalue weighted by molar-refractivity contribution is 0.390. The lowest BCUT2D eigenvalue weighted by Crippen LogP contribution is -2.27. The van der Waals surface area contributed by atoms with E-state index >= 15 is 0 Å². The molecule has 32 heavy (non-hydrogen) atoms. The van der Waals surface area contributed by atoms with E-state index in [4.69, 9.17) is 9.98 Å². The van der Waals surface area contributed by atoms with Crippen LogP contribution in [-0.4, -0.2) is 61.9 Å². The first-order chi connectivity index (χ1) is 15.4. The maximum Gasteiger partial charge on any atom is 0.126 e. The van der Waals surface area contributed by atoms with Crippen LogP contribution in [0.15, 0.2) is 46.4 Å². The number of aliphatic imine (C=N–C) groups is 2. The second kappa shape index (κ2) is 11.0. The van der Waals surface area contributed by atoms with E-state index in [0.29, 0.717) is 0 Å². The molecule has 2 atom stereocenters. The van der Waals surface area contributed by atoms with Crippen LogP contribution in [0.5, 0.6) is 11.5 Å². The lowest BCUT2D eigenvalue weighted by Gasteiger charge is -2.25. The van der Waals surface area contributed by atoms with E-state index in [1.807, 2.05) is 38.4 Å². The third-order valence-electron chi connectivity index (χ3n) is 6.36. The molecule has 1 aliphatic rings. The highest BCUT2D eigenvalue weighted by Gasteiger charge is 2.23. The van der Waals surface area contributed by atoms with Crippen LogP contribution in [0.2, 0.25) is 0 Å². The van der Waals surface area contributed by atoms with Crippen LogP contribution < -0.4 is 9.80 Å². The Morgan fingerprint density at radius 3 is 1.53 bits per heavy atom. The van der Waals surface area contributed by atoms with Gasteiger partial charge in [-0.2, -0.15) is 0 Å². The fourth-order valence-corrected chi connectivity index (χ4v) is 3.91. The van der Waals surface area contributed by atoms with Gasteiger partial charge in [-0.25, -0.2) is 0 Å². The number of hydrogen-bond donors (Lipinski definition) is 2. The van der Waals surface area contributed by atoms with Crippen LogP contribution in [-0.2, 0) is 0 Å². The number of rotatable bonds is 8. The monoisotopic (exact) mass is 436 g/mol. The van der Waals surface area contributed by atoms with Gasteiger partial charge in [0.2, 0.25) is 0 Å². The molecule has 1 saturated carbocycles. The molecule has 0 spiro atoms. The molecule has 172 valence electrons. The predicted octanol–water partition coefficient (Wildman–Crippen LogP) is 4.86. The summed E-state index contributed by atoms with van der Waals surface area (Å²) in [5, 5.41) is 20.8. The van der Waals surface area contributed by atoms with E-state index in [2.05, 4.69) is 23.6 Å². The molecule has 2 aromatic carbocycles. The summed E-state index contributed by atoms with van der Waals surface area (Å²) < 4.78 is 0. The molecule has 3 rings (SSSR count). The second-order valence-corrected chi connectivity index (χ2v) is 8.49. The summed E-state index contributed by atoms with van der Waals surface area (Å²) in [6.45, 7) is 5.91. The van der Waals surface area contributed by atoms with Gasteiger partial charge in [0.15, 0.2) is 0 Å². The molecule has 2 aromatic rings. The van der Waals surface area contributed by atoms with Gasteiger partial charge in [0.25, 0.3) is 0 Å². The number of hydrogen-bond acceptors (Lipinski definition) is 6. The molecule has 0 unspecified atom stereocenters. The number of phenols is 2. The van der Waals surface area contributed by atoms with Gasteiger partial charge >= 0.3 is 0 Å². The third kappa shape index (κ3) is 5.81. The van der Waals surface area contributed by atoms with E-state index in [1.54, 1.807) is 24.6 Å². The van der Waals surface area contributed by atoms with Crippen LogP contribution in [0.1, 0.15) is 50.7 Å². The first-order valence-electron chi connectivity index (χ1n) is 11.6. The molecule has 0 heterocycles. The van der Waals surface area contributed by atoms with Gasteiger partial charge in [-0.05, 0) is 51.0 Å². The Balaban J connectivity index is 1.72. The highest BCUT2D eigenvalue weighted by atomic mass is 16.3. The fraction of sp³-hybridized carbons (Fsp3) is 0.462. The first kappa shape index (κ1) is 23.6. The fourth-order valence-electron chi connectivity index (χ4n) is 3.91. The summed E-state index contributed by atoms with van der Waals surface area (Å²) in [6, 6.07) is 11.5. The Morgan fingerprint density at radius 1 is 0.781 bits per heavy atom. The largest absolute Gasteiger partial charge is 0.507 e. The second-order valence-electron chi connectivity index (χ2n) is 8.49. The zero-order valence-electron chi connectivity index (χ0n) is 19.7. The lowest BCUT2D eigenvalue weighted by atomic mass is 9.91. The number of benzene rings is 2. The van der Waals surface area contributed by atoms with E-state index in [0.717, 1.165) is 61.3 Å². The van der Waals surface area contributed by atoms with Gasteiger partial charge in [-0.15, -0.1) is 0 Å². The van der Waals surface area contributed by atoms with E-state index in [-0.39, 0.29) is 23.6 Å². The molecule has 1 fully saturated rings. The Morgan fingerprint density at radius 2 is 1.19 bits per heavy atom. The number of nitrogens with zero attached hydrogens (tertiary/aromatic N) is 4. The summed E-state index contributed by atoms with van der Waals surface area (Å²) in [5.74, 6) is 0.481. The molecule has 0 amide bonds. The molecule has 0 aliphatic heterocycles. The normalized spacial score (nSPS) is 19.0. The molecule has 0 bridgehead atoms. The molecular weight excluding hydrogens is 400 g/mol. The minimum Gasteiger partial charge on any atom is -0.507 e. The van der Waals surface area contributed by atoms with Crippen molar-refractivity contribution in [3.8, 4) is 11.5 Å². The van der Waals surface area contributed by atoms with Crippen LogP contribution in [0.25, 0.3) is 0 Å². The zero-order valence-corrected chi connectivity index (χ0v) is 19.7. The molecule has 1 aliphatic carbocycles. The summed E-state index contributed by atoms with van der Waals surface area (Å²) in [6.07, 6.45) is 7.75. The van der Waals surface area contributed by atoms with Crippen molar-refractivity contribution in [1.29, 1.82) is 0 Å². The van der Waals surface area contributed by atoms with E-state index in [1.165, 1.54) is 0 Å². The highest BCUT2D eigenvalue weighted by molar-refractivity contribution is 5.85. The summed E-state index contributed by atoms with van der Waals surface area (Å²) >= 11 is 0. The van der Waals surface area contributed by atoms with E-state index in [9.17, 15) is 10.2 Å². The van der Waals surface area contributed by atoms with Crippen molar-refractivity contribution in [2.24, 2.45) is 9.98 Å². The summed E-state index contributed by atoms with van der Waals surface area (Å²) in [5.41, 5.74) is 3.41. The van der Waals surface area contributed by atoms with Gasteiger partial charge in [-0.1, -0.05) is 12.8 Å². The minimum absolute atomic E-state index is 0.0741. The SMILES string of the molecule is CCN(C)c1ccc(/C=N/[C@@H]2CCCC[C@H]2/N=C/c2ccc(N(C)CC)cc2O)c(O)c1. The Labute approximate surface area is 191 Å². The third-order valence-corrected chi connectivity index (χ3v) is 6.36. The maximum atomic E-state index is 10.4. The van der Waals surface area contributed by atoms with Crippen molar-refractivity contribution in [2.75, 3.05) is 37.0 Å². The highest BCUT2D eigenvalue weighted by Crippen LogP contribution is 2.27. The van der Waals surface area contributed by atoms with Gasteiger partial charge in [0.05, 0.1) is 12.1 Å². The van der Waals surface area contributed by atoms with Crippen molar-refractivity contribution in [3.05, 3.63) is 47.5 Å². The average molecular weight is 437 g/mol. The Bertz CT molecular complexity index is 879. The van der Waals surface area contributed by atoms with Crippen molar-refractivity contribution >= 4 is 23.8 Å². The average Bonchev–Trinajstić information content (AvgIpc) is 2.81. The zero-order chi connectivity index (χ0) is 23.1. The Hall–Kier alpha value is -3.02. The summed E-state index contributed by atoms with van der Waals surface area (Å²) in [4.78, 5) is 13.7. The number of aromatic hydroxyl groups is 2. The van der Waals surface area contributed by atoms with Crippen molar-refractivity contribution in [3.63, 3.8) is 0 Å². The molecular formula is C26H36N4O2.